The van der Waals surface area contributed by atoms with Crippen molar-refractivity contribution < 1.29 is 14.6 Å². The van der Waals surface area contributed by atoms with E-state index in [0.29, 0.717) is 30.4 Å². The Morgan fingerprint density at radius 2 is 2.11 bits per heavy atom. The summed E-state index contributed by atoms with van der Waals surface area (Å²) in [6.45, 7) is 7.58. The van der Waals surface area contributed by atoms with Gasteiger partial charge in [0.25, 0.3) is 0 Å². The Morgan fingerprint density at radius 3 is 2.74 bits per heavy atom. The lowest BCUT2D eigenvalue weighted by molar-refractivity contribution is -0.132. The van der Waals surface area contributed by atoms with E-state index in [2.05, 4.69) is 15.9 Å². The van der Waals surface area contributed by atoms with Gasteiger partial charge in [-0.1, -0.05) is 30.7 Å². The predicted octanol–water partition coefficient (Wildman–Crippen LogP) is 3.81. The summed E-state index contributed by atoms with van der Waals surface area (Å²) in [5, 5.41) is 11.3. The Morgan fingerprint density at radius 1 is 1.37 bits per heavy atom. The van der Waals surface area contributed by atoms with Crippen LogP contribution in [-0.2, 0) is 16.1 Å². The normalized spacial score (nSPS) is 21.4. The zero-order valence-corrected chi connectivity index (χ0v) is 17.2. The van der Waals surface area contributed by atoms with Crippen molar-refractivity contribution in [3.63, 3.8) is 0 Å². The highest BCUT2D eigenvalue weighted by Gasteiger charge is 2.34. The van der Waals surface area contributed by atoms with Gasteiger partial charge in [0.2, 0.25) is 0 Å². The van der Waals surface area contributed by atoms with E-state index in [0.717, 1.165) is 35.0 Å². The van der Waals surface area contributed by atoms with Crippen LogP contribution in [0.4, 0.5) is 0 Å². The molecule has 7 heteroatoms. The molecule has 0 aliphatic carbocycles. The van der Waals surface area contributed by atoms with E-state index >= 15 is 0 Å². The molecule has 0 saturated carbocycles. The summed E-state index contributed by atoms with van der Waals surface area (Å²) >= 11 is 7.76. The Hall–Kier alpha value is -1.47. The molecule has 2 heterocycles. The number of halogens is 1. The molecule has 1 unspecified atom stereocenters. The fourth-order valence-electron chi connectivity index (χ4n) is 3.52. The van der Waals surface area contributed by atoms with Gasteiger partial charge in [-0.05, 0) is 42.0 Å². The molecular weight excluding hydrogens is 384 g/mol. The lowest BCUT2D eigenvalue weighted by Crippen LogP contribution is -2.52. The molecule has 1 saturated heterocycles. The average Bonchev–Trinajstić information content (AvgIpc) is 2.64. The number of hydrogen-bond acceptors (Lipinski definition) is 5. The average molecular weight is 409 g/mol. The van der Waals surface area contributed by atoms with Crippen molar-refractivity contribution in [2.45, 2.75) is 26.6 Å². The molecule has 1 N–H and O–H groups in total. The van der Waals surface area contributed by atoms with Crippen molar-refractivity contribution in [3.8, 4) is 0 Å². The number of carboxylic acids is 1. The first kappa shape index (κ1) is 20.3. The molecule has 2 aliphatic heterocycles. The standard InChI is InChI=1S/C20H25ClN2O3S/c1-3-27-19-18(20(24)25)14(2)11-17(22-7-9-26-10-8-22)23(19)13-15-5-4-6-16(21)12-15/h4-6,11-12,17H,3,7-10,13H2,1-2H3,(H,24,25). The molecule has 0 spiro atoms. The van der Waals surface area contributed by atoms with Crippen molar-refractivity contribution in [1.29, 1.82) is 0 Å². The van der Waals surface area contributed by atoms with Crippen LogP contribution in [0.3, 0.4) is 0 Å². The second-order valence-corrected chi connectivity index (χ2v) is 8.28. The number of rotatable bonds is 6. The molecule has 1 fully saturated rings. The lowest BCUT2D eigenvalue weighted by Gasteiger charge is -2.44. The van der Waals surface area contributed by atoms with Gasteiger partial charge in [-0.25, -0.2) is 4.79 Å². The fraction of sp³-hybridized carbons (Fsp3) is 0.450. The van der Waals surface area contributed by atoms with Gasteiger partial charge < -0.3 is 14.7 Å². The summed E-state index contributed by atoms with van der Waals surface area (Å²) in [6.07, 6.45) is 2.07. The molecule has 2 aliphatic rings. The van der Waals surface area contributed by atoms with Crippen LogP contribution in [-0.4, -0.2) is 59.1 Å². The topological polar surface area (TPSA) is 53.0 Å². The number of hydrogen-bond donors (Lipinski definition) is 1. The van der Waals surface area contributed by atoms with E-state index in [4.69, 9.17) is 16.3 Å². The van der Waals surface area contributed by atoms with Gasteiger partial charge in [-0.15, -0.1) is 11.8 Å². The van der Waals surface area contributed by atoms with Gasteiger partial charge in [-0.2, -0.15) is 0 Å². The first-order chi connectivity index (χ1) is 13.0. The summed E-state index contributed by atoms with van der Waals surface area (Å²) in [6, 6.07) is 7.76. The molecule has 5 nitrogen and oxygen atoms in total. The van der Waals surface area contributed by atoms with E-state index in [-0.39, 0.29) is 6.17 Å². The van der Waals surface area contributed by atoms with Crippen molar-refractivity contribution in [2.75, 3.05) is 32.1 Å². The Balaban J connectivity index is 2.02. The molecule has 146 valence electrons. The number of morpholine rings is 1. The zero-order chi connectivity index (χ0) is 19.4. The number of aliphatic carboxylic acids is 1. The van der Waals surface area contributed by atoms with E-state index in [1.54, 1.807) is 11.8 Å². The lowest BCUT2D eigenvalue weighted by atomic mass is 10.0. The van der Waals surface area contributed by atoms with E-state index in [1.807, 2.05) is 38.1 Å². The van der Waals surface area contributed by atoms with E-state index < -0.39 is 5.97 Å². The second kappa shape index (κ2) is 9.15. The maximum Gasteiger partial charge on any atom is 0.338 e. The largest absolute Gasteiger partial charge is 0.478 e. The number of carbonyl (C=O) groups is 1. The number of carboxylic acid groups (broad SMARTS) is 1. The number of thioether (sulfide) groups is 1. The number of ether oxygens (including phenoxy) is 1. The molecule has 1 aromatic carbocycles. The van der Waals surface area contributed by atoms with Crippen LogP contribution < -0.4 is 0 Å². The summed E-state index contributed by atoms with van der Waals surface area (Å²) < 4.78 is 5.51. The SMILES string of the molecule is CCSC1=C(C(=O)O)C(C)=CC(N2CCOCC2)N1Cc1cccc(Cl)c1. The quantitative estimate of drug-likeness (QED) is 0.772. The van der Waals surface area contributed by atoms with Gasteiger partial charge in [0.05, 0.1) is 23.8 Å². The van der Waals surface area contributed by atoms with Crippen LogP contribution in [0.2, 0.25) is 5.02 Å². The van der Waals surface area contributed by atoms with E-state index in [1.165, 1.54) is 0 Å². The number of benzene rings is 1. The zero-order valence-electron chi connectivity index (χ0n) is 15.7. The fourth-order valence-corrected chi connectivity index (χ4v) is 4.74. The smallest absolute Gasteiger partial charge is 0.338 e. The molecule has 1 atom stereocenters. The van der Waals surface area contributed by atoms with Crippen LogP contribution in [0.5, 0.6) is 0 Å². The van der Waals surface area contributed by atoms with E-state index in [9.17, 15) is 9.90 Å². The molecule has 27 heavy (non-hydrogen) atoms. The summed E-state index contributed by atoms with van der Waals surface area (Å²) in [4.78, 5) is 16.5. The number of nitrogens with zero attached hydrogens (tertiary/aromatic N) is 2. The van der Waals surface area contributed by atoms with Gasteiger partial charge in [-0.3, -0.25) is 4.90 Å². The highest BCUT2D eigenvalue weighted by molar-refractivity contribution is 8.03. The molecule has 0 aromatic heterocycles. The van der Waals surface area contributed by atoms with Gasteiger partial charge in [0.1, 0.15) is 6.17 Å². The van der Waals surface area contributed by atoms with Crippen molar-refractivity contribution in [1.82, 2.24) is 9.80 Å². The van der Waals surface area contributed by atoms with Crippen LogP contribution in [0.1, 0.15) is 19.4 Å². The van der Waals surface area contributed by atoms with Crippen LogP contribution in [0.15, 0.2) is 46.5 Å². The summed E-state index contributed by atoms with van der Waals surface area (Å²) in [5.74, 6) is -0.0717. The van der Waals surface area contributed by atoms with Gasteiger partial charge in [0, 0.05) is 24.7 Å². The molecule has 0 amide bonds. The Kier molecular flexibility index (Phi) is 6.87. The van der Waals surface area contributed by atoms with Crippen LogP contribution in [0.25, 0.3) is 0 Å². The van der Waals surface area contributed by atoms with Crippen LogP contribution >= 0.6 is 23.4 Å². The first-order valence-electron chi connectivity index (χ1n) is 9.13. The molecule has 0 radical (unpaired) electrons. The van der Waals surface area contributed by atoms with Gasteiger partial charge in [0.15, 0.2) is 0 Å². The molecule has 1 aromatic rings. The molecular formula is C20H25ClN2O3S. The Bertz CT molecular complexity index is 759. The van der Waals surface area contributed by atoms with Crippen molar-refractivity contribution in [3.05, 3.63) is 57.1 Å². The van der Waals surface area contributed by atoms with Crippen LogP contribution in [0, 0.1) is 0 Å². The summed E-state index contributed by atoms with van der Waals surface area (Å²) in [7, 11) is 0. The first-order valence-corrected chi connectivity index (χ1v) is 10.5. The van der Waals surface area contributed by atoms with Crippen molar-refractivity contribution in [2.24, 2.45) is 0 Å². The minimum Gasteiger partial charge on any atom is -0.478 e. The van der Waals surface area contributed by atoms with Crippen molar-refractivity contribution >= 4 is 29.3 Å². The molecule has 3 rings (SSSR count). The third kappa shape index (κ3) is 4.69. The minimum atomic E-state index is -0.878. The highest BCUT2D eigenvalue weighted by atomic mass is 35.5. The highest BCUT2D eigenvalue weighted by Crippen LogP contribution is 2.37. The third-order valence-electron chi connectivity index (χ3n) is 4.74. The Labute approximate surface area is 169 Å². The predicted molar refractivity (Wildman–Crippen MR) is 110 cm³/mol. The molecule has 0 bridgehead atoms. The van der Waals surface area contributed by atoms with Gasteiger partial charge >= 0.3 is 5.97 Å². The maximum atomic E-state index is 12.0. The maximum absolute atomic E-state index is 12.0. The third-order valence-corrected chi connectivity index (χ3v) is 5.98. The monoisotopic (exact) mass is 408 g/mol. The summed E-state index contributed by atoms with van der Waals surface area (Å²) in [5.41, 5.74) is 2.28. The minimum absolute atomic E-state index is 0.00466. The second-order valence-electron chi connectivity index (χ2n) is 6.59.